The second kappa shape index (κ2) is 11.3. The van der Waals surface area contributed by atoms with E-state index in [0.29, 0.717) is 24.2 Å². The minimum absolute atomic E-state index is 0.0709. The lowest BCUT2D eigenvalue weighted by Gasteiger charge is -2.31. The average Bonchev–Trinajstić information content (AvgIpc) is 2.66. The molecule has 30 heavy (non-hydrogen) atoms. The Morgan fingerprint density at radius 2 is 1.83 bits per heavy atom. The third-order valence-corrected chi connectivity index (χ3v) is 11.8. The van der Waals surface area contributed by atoms with Crippen LogP contribution in [0.25, 0.3) is 0 Å². The quantitative estimate of drug-likeness (QED) is 0.336. The molecule has 3 nitrogen and oxygen atoms in total. The molecule has 0 N–H and O–H groups in total. The molecular formula is C25H34O3SSi. The van der Waals surface area contributed by atoms with Crippen LogP contribution in [0.15, 0.2) is 24.3 Å². The van der Waals surface area contributed by atoms with Crippen LogP contribution in [0.1, 0.15) is 52.0 Å². The molecule has 1 unspecified atom stereocenters. The summed E-state index contributed by atoms with van der Waals surface area (Å²) < 4.78 is 31.4. The Morgan fingerprint density at radius 1 is 1.17 bits per heavy atom. The van der Waals surface area contributed by atoms with Crippen molar-refractivity contribution < 1.29 is 13.2 Å². The van der Waals surface area contributed by atoms with Crippen LogP contribution in [-0.4, -0.2) is 34.6 Å². The van der Waals surface area contributed by atoms with Crippen molar-refractivity contribution in [2.24, 2.45) is 0 Å². The molecule has 0 fully saturated rings. The molecule has 0 heterocycles. The van der Waals surface area contributed by atoms with Gasteiger partial charge in [-0.05, 0) is 30.0 Å². The predicted molar refractivity (Wildman–Crippen MR) is 130 cm³/mol. The summed E-state index contributed by atoms with van der Waals surface area (Å²) in [6.45, 7) is 10.9. The molecule has 0 aromatic heterocycles. The molecule has 0 amide bonds. The van der Waals surface area contributed by atoms with Gasteiger partial charge in [-0.2, -0.15) is 0 Å². The van der Waals surface area contributed by atoms with Crippen molar-refractivity contribution >= 4 is 17.9 Å². The number of hydrogen-bond donors (Lipinski definition) is 0. The Bertz CT molecular complexity index is 971. The summed E-state index contributed by atoms with van der Waals surface area (Å²) in [5, 5.41) is -0.641. The van der Waals surface area contributed by atoms with Gasteiger partial charge in [0.2, 0.25) is 0 Å². The topological polar surface area (TPSA) is 43.4 Å². The Morgan fingerprint density at radius 3 is 2.43 bits per heavy atom. The highest BCUT2D eigenvalue weighted by molar-refractivity contribution is 7.92. The van der Waals surface area contributed by atoms with Crippen molar-refractivity contribution in [2.75, 3.05) is 12.9 Å². The van der Waals surface area contributed by atoms with E-state index in [9.17, 15) is 8.42 Å². The number of hydrogen-bond acceptors (Lipinski definition) is 3. The number of rotatable bonds is 7. The number of methoxy groups -OCH3 is 1. The molecular weight excluding hydrogens is 408 g/mol. The van der Waals surface area contributed by atoms with E-state index in [2.05, 4.69) is 63.1 Å². The molecule has 0 aliphatic heterocycles. The van der Waals surface area contributed by atoms with Gasteiger partial charge in [0.05, 0.1) is 12.7 Å². The van der Waals surface area contributed by atoms with E-state index >= 15 is 0 Å². The van der Waals surface area contributed by atoms with E-state index in [-0.39, 0.29) is 10.8 Å². The monoisotopic (exact) mass is 442 g/mol. The highest BCUT2D eigenvalue weighted by Crippen LogP contribution is 2.35. The summed E-state index contributed by atoms with van der Waals surface area (Å²) in [5.74, 6) is 11.9. The van der Waals surface area contributed by atoms with Gasteiger partial charge >= 0.3 is 0 Å². The fraction of sp³-hybridized carbons (Fsp3) is 0.520. The molecule has 5 heteroatoms. The van der Waals surface area contributed by atoms with Crippen LogP contribution in [0, 0.1) is 35.6 Å². The summed E-state index contributed by atoms with van der Waals surface area (Å²) in [4.78, 5) is 0. The lowest BCUT2D eigenvalue weighted by molar-refractivity contribution is 0.413. The minimum Gasteiger partial charge on any atom is -0.495 e. The van der Waals surface area contributed by atoms with Gasteiger partial charge in [0.15, 0.2) is 9.84 Å². The van der Waals surface area contributed by atoms with Gasteiger partial charge in [0, 0.05) is 6.42 Å². The van der Waals surface area contributed by atoms with Crippen LogP contribution in [-0.2, 0) is 9.84 Å². The number of para-hydroxylation sites is 1. The predicted octanol–water partition coefficient (Wildman–Crippen LogP) is 5.07. The number of unbranched alkanes of at least 4 members (excludes halogenated alkanes) is 2. The van der Waals surface area contributed by atoms with Gasteiger partial charge in [-0.1, -0.05) is 70.2 Å². The maximum absolute atomic E-state index is 13.0. The van der Waals surface area contributed by atoms with Crippen LogP contribution >= 0.6 is 0 Å². The Hall–Kier alpha value is -2.13. The second-order valence-electron chi connectivity index (χ2n) is 8.89. The first-order valence-corrected chi connectivity index (χ1v) is 15.0. The normalized spacial score (nSPS) is 12.6. The van der Waals surface area contributed by atoms with E-state index in [1.54, 1.807) is 13.2 Å². The molecule has 162 valence electrons. The molecule has 0 saturated carbocycles. The SMILES string of the molecule is C#CCCCCC(C#C[Si](C)(C)C(C)(C)C)S(=O)(=O)CC#Cc1ccccc1OC. The summed E-state index contributed by atoms with van der Waals surface area (Å²) in [5.41, 5.74) is 4.05. The van der Waals surface area contributed by atoms with E-state index < -0.39 is 23.2 Å². The largest absolute Gasteiger partial charge is 0.495 e. The van der Waals surface area contributed by atoms with Crippen molar-refractivity contribution in [3.8, 4) is 41.4 Å². The van der Waals surface area contributed by atoms with Crippen LogP contribution in [0.4, 0.5) is 0 Å². The Labute approximate surface area is 184 Å². The van der Waals surface area contributed by atoms with E-state index in [1.807, 2.05) is 18.2 Å². The first-order chi connectivity index (χ1) is 13.9. The molecule has 0 radical (unpaired) electrons. The molecule has 0 bridgehead atoms. The van der Waals surface area contributed by atoms with Crippen molar-refractivity contribution in [2.45, 2.75) is 69.8 Å². The molecule has 0 saturated heterocycles. The van der Waals surface area contributed by atoms with Crippen molar-refractivity contribution in [3.05, 3.63) is 29.8 Å². The number of terminal acetylenes is 1. The fourth-order valence-corrected chi connectivity index (χ4v) is 4.68. The highest BCUT2D eigenvalue weighted by Gasteiger charge is 2.34. The summed E-state index contributed by atoms with van der Waals surface area (Å²) in [6, 6.07) is 7.31. The molecule has 1 atom stereocenters. The van der Waals surface area contributed by atoms with Crippen molar-refractivity contribution in [1.29, 1.82) is 0 Å². The number of sulfone groups is 1. The summed E-state index contributed by atoms with van der Waals surface area (Å²) in [6.07, 6.45) is 8.00. The van der Waals surface area contributed by atoms with Gasteiger partial charge in [-0.25, -0.2) is 8.42 Å². The van der Waals surface area contributed by atoms with Crippen molar-refractivity contribution in [1.82, 2.24) is 0 Å². The maximum atomic E-state index is 13.0. The van der Waals surface area contributed by atoms with Gasteiger partial charge in [-0.15, -0.1) is 17.9 Å². The summed E-state index contributed by atoms with van der Waals surface area (Å²) in [7, 11) is -3.82. The van der Waals surface area contributed by atoms with E-state index in [4.69, 9.17) is 11.2 Å². The van der Waals surface area contributed by atoms with Crippen LogP contribution in [0.5, 0.6) is 5.75 Å². The highest BCUT2D eigenvalue weighted by atomic mass is 32.2. The standard InChI is InChI=1S/C25H34O3SSi/c1-8-9-10-11-17-23(19-21-30(6,7)25(2,3)4)29(26,27)20-14-16-22-15-12-13-18-24(22)28-5/h1,12-13,15,18,23H,9-11,17,20H2,2-7H3. The minimum atomic E-state index is -3.48. The summed E-state index contributed by atoms with van der Waals surface area (Å²) >= 11 is 0. The third-order valence-electron chi connectivity index (χ3n) is 5.49. The second-order valence-corrected chi connectivity index (χ2v) is 16.1. The smallest absolute Gasteiger partial charge is 0.175 e. The Kier molecular flexibility index (Phi) is 9.77. The average molecular weight is 443 g/mol. The van der Waals surface area contributed by atoms with E-state index in [0.717, 1.165) is 12.8 Å². The van der Waals surface area contributed by atoms with E-state index in [1.165, 1.54) is 0 Å². The first kappa shape index (κ1) is 25.9. The maximum Gasteiger partial charge on any atom is 0.175 e. The molecule has 1 aromatic rings. The lowest BCUT2D eigenvalue weighted by Crippen LogP contribution is -2.36. The molecule has 0 aliphatic rings. The van der Waals surface area contributed by atoms with Gasteiger partial charge in [-0.3, -0.25) is 0 Å². The number of ether oxygens (including phenoxy) is 1. The zero-order valence-corrected chi connectivity index (χ0v) is 20.9. The molecule has 0 aliphatic carbocycles. The van der Waals surface area contributed by atoms with Gasteiger partial charge < -0.3 is 4.74 Å². The van der Waals surface area contributed by atoms with Crippen LogP contribution < -0.4 is 4.74 Å². The zero-order valence-electron chi connectivity index (χ0n) is 19.1. The van der Waals surface area contributed by atoms with Crippen LogP contribution in [0.3, 0.4) is 0 Å². The first-order valence-electron chi connectivity index (χ1n) is 10.2. The van der Waals surface area contributed by atoms with Crippen molar-refractivity contribution in [3.63, 3.8) is 0 Å². The third kappa shape index (κ3) is 7.95. The van der Waals surface area contributed by atoms with Crippen LogP contribution in [0.2, 0.25) is 18.1 Å². The van der Waals surface area contributed by atoms with Gasteiger partial charge in [0.1, 0.15) is 24.8 Å². The fourth-order valence-electron chi connectivity index (χ4n) is 2.43. The lowest BCUT2D eigenvalue weighted by atomic mass is 10.1. The molecule has 1 rings (SSSR count). The molecule has 1 aromatic carbocycles. The van der Waals surface area contributed by atoms with Gasteiger partial charge in [0.25, 0.3) is 0 Å². The number of benzene rings is 1. The zero-order chi connectivity index (χ0) is 22.8. The molecule has 0 spiro atoms. The Balaban J connectivity index is 3.11.